The Morgan fingerprint density at radius 2 is 1.74 bits per heavy atom. The summed E-state index contributed by atoms with van der Waals surface area (Å²) < 4.78 is 41.0. The van der Waals surface area contributed by atoms with Gasteiger partial charge < -0.3 is 4.90 Å². The van der Waals surface area contributed by atoms with Gasteiger partial charge in [-0.15, -0.1) is 0 Å². The van der Waals surface area contributed by atoms with Crippen molar-refractivity contribution in [1.29, 1.82) is 0 Å². The average Bonchev–Trinajstić information content (AvgIpc) is 3.14. The predicted octanol–water partition coefficient (Wildman–Crippen LogP) is 6.81. The molecule has 0 aliphatic carbocycles. The van der Waals surface area contributed by atoms with Crippen LogP contribution in [0.1, 0.15) is 42.0 Å². The molecule has 3 aliphatic heterocycles. The average molecular weight is 518 g/mol. The standard InChI is InChI=1S/C31H30F3N3O/c1-20-8-11-26(12-9-20)37-29(38)30(21(2)35-37)19-24-18-25(31(32,33)34)10-13-27(24)36-15-14-23(17-28(30)36)16-22-6-4-3-5-7-22/h3-13,18,23,28H,14-17,19H2,1-2H3/t23-,28-,30-/m1/s1. The topological polar surface area (TPSA) is 35.9 Å². The summed E-state index contributed by atoms with van der Waals surface area (Å²) in [5.74, 6) is 0.206. The van der Waals surface area contributed by atoms with Gasteiger partial charge in [0.15, 0.2) is 0 Å². The van der Waals surface area contributed by atoms with E-state index in [4.69, 9.17) is 5.10 Å². The number of rotatable bonds is 3. The first kappa shape index (κ1) is 24.7. The molecule has 3 aromatic carbocycles. The van der Waals surface area contributed by atoms with E-state index < -0.39 is 17.2 Å². The van der Waals surface area contributed by atoms with Crippen molar-refractivity contribution in [3.8, 4) is 0 Å². The molecule has 4 nitrogen and oxygen atoms in total. The summed E-state index contributed by atoms with van der Waals surface area (Å²) in [5.41, 5.74) is 3.35. The largest absolute Gasteiger partial charge is 0.416 e. The van der Waals surface area contributed by atoms with Gasteiger partial charge in [-0.2, -0.15) is 23.3 Å². The number of carbonyl (C=O) groups is 1. The zero-order valence-corrected chi connectivity index (χ0v) is 21.5. The number of alkyl halides is 3. The molecule has 6 rings (SSSR count). The van der Waals surface area contributed by atoms with Crippen LogP contribution in [-0.2, 0) is 23.8 Å². The zero-order valence-electron chi connectivity index (χ0n) is 21.5. The minimum Gasteiger partial charge on any atom is -0.367 e. The molecule has 0 N–H and O–H groups in total. The van der Waals surface area contributed by atoms with Crippen LogP contribution >= 0.6 is 0 Å². The first-order chi connectivity index (χ1) is 18.2. The number of benzene rings is 3. The van der Waals surface area contributed by atoms with E-state index in [2.05, 4.69) is 17.0 Å². The van der Waals surface area contributed by atoms with Crippen LogP contribution in [0.25, 0.3) is 0 Å². The van der Waals surface area contributed by atoms with Gasteiger partial charge >= 0.3 is 6.18 Å². The highest BCUT2D eigenvalue weighted by molar-refractivity contribution is 6.20. The Kier molecular flexibility index (Phi) is 5.85. The number of amides is 1. The van der Waals surface area contributed by atoms with Crippen LogP contribution in [0, 0.1) is 18.3 Å². The highest BCUT2D eigenvalue weighted by atomic mass is 19.4. The number of hydrogen-bond acceptors (Lipinski definition) is 3. The Morgan fingerprint density at radius 3 is 2.45 bits per heavy atom. The van der Waals surface area contributed by atoms with Crippen LogP contribution in [0.4, 0.5) is 24.5 Å². The summed E-state index contributed by atoms with van der Waals surface area (Å²) in [7, 11) is 0. The molecule has 0 aromatic heterocycles. The van der Waals surface area contributed by atoms with Crippen molar-refractivity contribution in [2.24, 2.45) is 16.4 Å². The molecule has 1 fully saturated rings. The van der Waals surface area contributed by atoms with E-state index in [-0.39, 0.29) is 18.4 Å². The first-order valence-corrected chi connectivity index (χ1v) is 13.1. The maximum absolute atomic E-state index is 14.4. The van der Waals surface area contributed by atoms with Crippen molar-refractivity contribution in [2.45, 2.75) is 51.7 Å². The highest BCUT2D eigenvalue weighted by Gasteiger charge is 2.60. The van der Waals surface area contributed by atoms with Crippen LogP contribution in [0.15, 0.2) is 77.9 Å². The third-order valence-electron chi connectivity index (χ3n) is 8.58. The van der Waals surface area contributed by atoms with Crippen molar-refractivity contribution in [2.75, 3.05) is 16.5 Å². The van der Waals surface area contributed by atoms with Crippen LogP contribution in [-0.4, -0.2) is 24.2 Å². The summed E-state index contributed by atoms with van der Waals surface area (Å²) >= 11 is 0. The number of nitrogens with zero attached hydrogens (tertiary/aromatic N) is 3. The molecule has 3 aromatic rings. The van der Waals surface area contributed by atoms with Crippen LogP contribution in [0.3, 0.4) is 0 Å². The maximum Gasteiger partial charge on any atom is 0.416 e. The number of aryl methyl sites for hydroxylation is 1. The molecule has 0 bridgehead atoms. The molecule has 7 heteroatoms. The third kappa shape index (κ3) is 3.99. The molecule has 3 aliphatic rings. The number of anilines is 2. The Labute approximate surface area is 220 Å². The minimum atomic E-state index is -4.45. The summed E-state index contributed by atoms with van der Waals surface area (Å²) in [6.07, 6.45) is -1.64. The van der Waals surface area contributed by atoms with E-state index in [1.165, 1.54) is 22.7 Å². The summed E-state index contributed by atoms with van der Waals surface area (Å²) in [6, 6.07) is 21.8. The highest BCUT2D eigenvalue weighted by Crippen LogP contribution is 2.51. The van der Waals surface area contributed by atoms with Gasteiger partial charge in [0.2, 0.25) is 0 Å². The fraction of sp³-hybridized carbons (Fsp3) is 0.355. The van der Waals surface area contributed by atoms with E-state index in [9.17, 15) is 18.0 Å². The molecule has 1 amide bonds. The predicted molar refractivity (Wildman–Crippen MR) is 143 cm³/mol. The van der Waals surface area contributed by atoms with Gasteiger partial charge in [0.05, 0.1) is 17.0 Å². The zero-order chi connectivity index (χ0) is 26.7. The maximum atomic E-state index is 14.4. The van der Waals surface area contributed by atoms with Crippen LogP contribution in [0.5, 0.6) is 0 Å². The monoisotopic (exact) mass is 517 g/mol. The van der Waals surface area contributed by atoms with E-state index in [1.807, 2.05) is 56.3 Å². The number of piperidine rings is 1. The van der Waals surface area contributed by atoms with Gasteiger partial charge in [0.25, 0.3) is 5.91 Å². The quantitative estimate of drug-likeness (QED) is 0.383. The fourth-order valence-corrected chi connectivity index (χ4v) is 6.61. The van der Waals surface area contributed by atoms with Crippen molar-refractivity contribution in [1.82, 2.24) is 0 Å². The molecule has 1 saturated heterocycles. The normalized spacial score (nSPS) is 24.9. The molecular formula is C31H30F3N3O. The lowest BCUT2D eigenvalue weighted by Crippen LogP contribution is -2.62. The molecule has 196 valence electrons. The van der Waals surface area contributed by atoms with Gasteiger partial charge in [-0.3, -0.25) is 4.79 Å². The third-order valence-corrected chi connectivity index (χ3v) is 8.58. The van der Waals surface area contributed by atoms with E-state index >= 15 is 0 Å². The lowest BCUT2D eigenvalue weighted by molar-refractivity contribution is -0.137. The SMILES string of the molecule is CC1=NN(c2ccc(C)cc2)C(=O)[C@]12Cc1cc(C(F)(F)F)ccc1N1CC[C@H](Cc3ccccc3)C[C@@H]12. The molecule has 38 heavy (non-hydrogen) atoms. The number of halogens is 3. The van der Waals surface area contributed by atoms with Crippen molar-refractivity contribution >= 4 is 23.0 Å². The number of carbonyl (C=O) groups excluding carboxylic acids is 1. The van der Waals surface area contributed by atoms with Gasteiger partial charge in [0.1, 0.15) is 5.41 Å². The second-order valence-corrected chi connectivity index (χ2v) is 10.9. The molecule has 0 unspecified atom stereocenters. The van der Waals surface area contributed by atoms with E-state index in [0.717, 1.165) is 30.5 Å². The fourth-order valence-electron chi connectivity index (χ4n) is 6.61. The van der Waals surface area contributed by atoms with Gasteiger partial charge in [0, 0.05) is 18.3 Å². The molecular weight excluding hydrogens is 487 g/mol. The lowest BCUT2D eigenvalue weighted by Gasteiger charge is -2.52. The van der Waals surface area contributed by atoms with Gasteiger partial charge in [-0.1, -0.05) is 48.0 Å². The molecule has 3 heterocycles. The van der Waals surface area contributed by atoms with Crippen LogP contribution in [0.2, 0.25) is 0 Å². The van der Waals surface area contributed by atoms with Gasteiger partial charge in [-0.05, 0) is 86.9 Å². The van der Waals surface area contributed by atoms with Gasteiger partial charge in [-0.25, -0.2) is 0 Å². The summed E-state index contributed by atoms with van der Waals surface area (Å²) in [5, 5.41) is 6.21. The molecule has 0 saturated carbocycles. The minimum absolute atomic E-state index is 0.155. The van der Waals surface area contributed by atoms with Crippen molar-refractivity contribution in [3.05, 3.63) is 95.1 Å². The number of fused-ring (bicyclic) bond motifs is 4. The summed E-state index contributed by atoms with van der Waals surface area (Å²) in [4.78, 5) is 16.5. The van der Waals surface area contributed by atoms with Crippen molar-refractivity contribution < 1.29 is 18.0 Å². The Hall–Kier alpha value is -3.61. The second-order valence-electron chi connectivity index (χ2n) is 10.9. The Balaban J connectivity index is 1.43. The second kappa shape index (κ2) is 9.00. The molecule has 3 atom stereocenters. The van der Waals surface area contributed by atoms with E-state index in [1.54, 1.807) is 6.07 Å². The Bertz CT molecular complexity index is 1400. The summed E-state index contributed by atoms with van der Waals surface area (Å²) in [6.45, 7) is 4.53. The van der Waals surface area contributed by atoms with Crippen LogP contribution < -0.4 is 9.91 Å². The smallest absolute Gasteiger partial charge is 0.367 e. The van der Waals surface area contributed by atoms with E-state index in [0.29, 0.717) is 29.4 Å². The lowest BCUT2D eigenvalue weighted by atomic mass is 9.63. The number of hydrogen-bond donors (Lipinski definition) is 0. The first-order valence-electron chi connectivity index (χ1n) is 13.1. The molecule has 0 radical (unpaired) electrons. The number of hydrazone groups is 1. The van der Waals surface area contributed by atoms with Crippen molar-refractivity contribution in [3.63, 3.8) is 0 Å². The Morgan fingerprint density at radius 1 is 1.00 bits per heavy atom. The molecule has 1 spiro atoms.